The van der Waals surface area contributed by atoms with Crippen molar-refractivity contribution >= 4 is 11.6 Å². The van der Waals surface area contributed by atoms with Crippen LogP contribution in [0.15, 0.2) is 36.4 Å². The van der Waals surface area contributed by atoms with Crippen LogP contribution < -0.4 is 4.74 Å². The second-order valence-corrected chi connectivity index (χ2v) is 5.05. The number of hydrogen-bond donors (Lipinski definition) is 0. The van der Waals surface area contributed by atoms with E-state index in [2.05, 4.69) is 0 Å². The van der Waals surface area contributed by atoms with E-state index in [-0.39, 0.29) is 11.2 Å². The van der Waals surface area contributed by atoms with E-state index >= 15 is 0 Å². The van der Waals surface area contributed by atoms with E-state index in [4.69, 9.17) is 16.3 Å². The third kappa shape index (κ3) is 2.90. The molecule has 0 amide bonds. The standard InChI is InChI=1S/C16H16ClFO/c1-10-4-7-15(19-3)14(8-10)16(17)13-6-5-12(18)9-11(13)2/h4-9,16H,1-3H3. The summed E-state index contributed by atoms with van der Waals surface area (Å²) in [5.74, 6) is 0.496. The van der Waals surface area contributed by atoms with Crippen LogP contribution in [-0.2, 0) is 0 Å². The number of rotatable bonds is 3. The average molecular weight is 279 g/mol. The Kier molecular flexibility index (Phi) is 4.11. The molecule has 0 aliphatic carbocycles. The molecule has 0 N–H and O–H groups in total. The van der Waals surface area contributed by atoms with Gasteiger partial charge in [0.15, 0.2) is 0 Å². The lowest BCUT2D eigenvalue weighted by Crippen LogP contribution is -2.00. The molecule has 0 fully saturated rings. The van der Waals surface area contributed by atoms with Crippen LogP contribution in [0.4, 0.5) is 4.39 Å². The highest BCUT2D eigenvalue weighted by atomic mass is 35.5. The predicted molar refractivity (Wildman–Crippen MR) is 76.6 cm³/mol. The summed E-state index contributed by atoms with van der Waals surface area (Å²) in [5, 5.41) is -0.351. The van der Waals surface area contributed by atoms with Crippen LogP contribution in [0.3, 0.4) is 0 Å². The third-order valence-electron chi connectivity index (χ3n) is 3.16. The lowest BCUT2D eigenvalue weighted by atomic mass is 9.98. The minimum Gasteiger partial charge on any atom is -0.496 e. The maximum Gasteiger partial charge on any atom is 0.123 e. The molecule has 0 aromatic heterocycles. The van der Waals surface area contributed by atoms with Crippen molar-refractivity contribution in [2.24, 2.45) is 0 Å². The molecule has 0 aliphatic heterocycles. The second kappa shape index (κ2) is 5.62. The fraction of sp³-hybridized carbons (Fsp3) is 0.250. The third-order valence-corrected chi connectivity index (χ3v) is 3.63. The highest BCUT2D eigenvalue weighted by Crippen LogP contribution is 2.37. The van der Waals surface area contributed by atoms with Gasteiger partial charge in [0.2, 0.25) is 0 Å². The van der Waals surface area contributed by atoms with E-state index in [0.717, 1.165) is 28.0 Å². The Bertz CT molecular complexity index is 595. The van der Waals surface area contributed by atoms with Gasteiger partial charge in [-0.3, -0.25) is 0 Å². The first-order chi connectivity index (χ1) is 9.02. The minimum absolute atomic E-state index is 0.249. The molecular weight excluding hydrogens is 263 g/mol. The second-order valence-electron chi connectivity index (χ2n) is 4.61. The zero-order chi connectivity index (χ0) is 14.0. The zero-order valence-corrected chi connectivity index (χ0v) is 12.0. The van der Waals surface area contributed by atoms with Crippen molar-refractivity contribution < 1.29 is 9.13 Å². The molecule has 2 rings (SSSR count). The molecule has 2 aromatic rings. The van der Waals surface area contributed by atoms with Gasteiger partial charge in [0.05, 0.1) is 12.5 Å². The number of halogens is 2. The van der Waals surface area contributed by atoms with Gasteiger partial charge in [-0.05, 0) is 43.2 Å². The summed E-state index contributed by atoms with van der Waals surface area (Å²) >= 11 is 6.54. The Morgan fingerprint density at radius 1 is 1.05 bits per heavy atom. The molecule has 0 saturated carbocycles. The van der Waals surface area contributed by atoms with E-state index in [9.17, 15) is 4.39 Å². The average Bonchev–Trinajstić information content (AvgIpc) is 2.38. The van der Waals surface area contributed by atoms with Gasteiger partial charge in [-0.2, -0.15) is 0 Å². The van der Waals surface area contributed by atoms with E-state index in [1.807, 2.05) is 32.0 Å². The van der Waals surface area contributed by atoms with E-state index in [1.54, 1.807) is 13.2 Å². The van der Waals surface area contributed by atoms with Crippen molar-refractivity contribution in [1.82, 2.24) is 0 Å². The Labute approximate surface area is 118 Å². The van der Waals surface area contributed by atoms with Gasteiger partial charge >= 0.3 is 0 Å². The van der Waals surface area contributed by atoms with Crippen molar-refractivity contribution in [3.63, 3.8) is 0 Å². The summed E-state index contributed by atoms with van der Waals surface area (Å²) in [6.07, 6.45) is 0. The van der Waals surface area contributed by atoms with Gasteiger partial charge in [0.1, 0.15) is 11.6 Å². The summed E-state index contributed by atoms with van der Waals surface area (Å²) in [6.45, 7) is 3.86. The first kappa shape index (κ1) is 13.9. The quantitative estimate of drug-likeness (QED) is 0.734. The molecule has 3 heteroatoms. The molecule has 19 heavy (non-hydrogen) atoms. The van der Waals surface area contributed by atoms with Gasteiger partial charge in [-0.25, -0.2) is 4.39 Å². The summed E-state index contributed by atoms with van der Waals surface area (Å²) in [6, 6.07) is 10.5. The molecule has 0 aliphatic rings. The number of ether oxygens (including phenoxy) is 1. The van der Waals surface area contributed by atoms with E-state index in [1.165, 1.54) is 12.1 Å². The Hall–Kier alpha value is -1.54. The molecule has 0 spiro atoms. The van der Waals surface area contributed by atoms with E-state index in [0.29, 0.717) is 0 Å². The lowest BCUT2D eigenvalue weighted by Gasteiger charge is -2.17. The Morgan fingerprint density at radius 2 is 1.79 bits per heavy atom. The fourth-order valence-electron chi connectivity index (χ4n) is 2.14. The van der Waals surface area contributed by atoms with Crippen LogP contribution >= 0.6 is 11.6 Å². The van der Waals surface area contributed by atoms with Gasteiger partial charge in [-0.1, -0.05) is 23.8 Å². The first-order valence-corrected chi connectivity index (χ1v) is 6.51. The largest absolute Gasteiger partial charge is 0.496 e. The van der Waals surface area contributed by atoms with Gasteiger partial charge in [0.25, 0.3) is 0 Å². The molecule has 0 heterocycles. The van der Waals surface area contributed by atoms with Gasteiger partial charge < -0.3 is 4.74 Å². The number of aryl methyl sites for hydroxylation is 2. The molecule has 100 valence electrons. The SMILES string of the molecule is COc1ccc(C)cc1C(Cl)c1ccc(F)cc1C. The van der Waals surface area contributed by atoms with Crippen molar-refractivity contribution in [2.75, 3.05) is 7.11 Å². The van der Waals surface area contributed by atoms with Gasteiger partial charge in [0, 0.05) is 5.56 Å². The number of alkyl halides is 1. The van der Waals surface area contributed by atoms with Crippen molar-refractivity contribution in [3.05, 3.63) is 64.5 Å². The fourth-order valence-corrected chi connectivity index (χ4v) is 2.56. The Balaban J connectivity index is 2.49. The van der Waals surface area contributed by atoms with E-state index < -0.39 is 0 Å². The summed E-state index contributed by atoms with van der Waals surface area (Å²) in [7, 11) is 1.62. The molecular formula is C16H16ClFO. The summed E-state index contributed by atoms with van der Waals surface area (Å²) in [5.41, 5.74) is 3.75. The van der Waals surface area contributed by atoms with Gasteiger partial charge in [-0.15, -0.1) is 11.6 Å². The maximum absolute atomic E-state index is 13.2. The molecule has 0 radical (unpaired) electrons. The molecule has 1 unspecified atom stereocenters. The molecule has 1 atom stereocenters. The normalized spacial score (nSPS) is 12.3. The summed E-state index contributed by atoms with van der Waals surface area (Å²) < 4.78 is 18.5. The number of benzene rings is 2. The van der Waals surface area contributed by atoms with Crippen LogP contribution in [0.1, 0.15) is 27.6 Å². The zero-order valence-electron chi connectivity index (χ0n) is 11.2. The molecule has 1 nitrogen and oxygen atoms in total. The van der Waals surface area contributed by atoms with Crippen LogP contribution in [0.2, 0.25) is 0 Å². The minimum atomic E-state index is -0.351. The molecule has 0 saturated heterocycles. The van der Waals surface area contributed by atoms with Crippen LogP contribution in [0.5, 0.6) is 5.75 Å². The smallest absolute Gasteiger partial charge is 0.123 e. The highest BCUT2D eigenvalue weighted by molar-refractivity contribution is 6.23. The topological polar surface area (TPSA) is 9.23 Å². The summed E-state index contributed by atoms with van der Waals surface area (Å²) in [4.78, 5) is 0. The maximum atomic E-state index is 13.2. The number of hydrogen-bond acceptors (Lipinski definition) is 1. The van der Waals surface area contributed by atoms with Crippen molar-refractivity contribution in [2.45, 2.75) is 19.2 Å². The van der Waals surface area contributed by atoms with Crippen molar-refractivity contribution in [3.8, 4) is 5.75 Å². The molecule has 2 aromatic carbocycles. The number of methoxy groups -OCH3 is 1. The van der Waals surface area contributed by atoms with Crippen molar-refractivity contribution in [1.29, 1.82) is 0 Å². The van der Waals surface area contributed by atoms with Crippen LogP contribution in [0, 0.1) is 19.7 Å². The monoisotopic (exact) mass is 278 g/mol. The Morgan fingerprint density at radius 3 is 2.42 bits per heavy atom. The first-order valence-electron chi connectivity index (χ1n) is 6.07. The van der Waals surface area contributed by atoms with Crippen LogP contribution in [0.25, 0.3) is 0 Å². The predicted octanol–water partition coefficient (Wildman–Crippen LogP) is 4.78. The highest BCUT2D eigenvalue weighted by Gasteiger charge is 2.18. The lowest BCUT2D eigenvalue weighted by molar-refractivity contribution is 0.410. The molecule has 0 bridgehead atoms. The van der Waals surface area contributed by atoms with Crippen LogP contribution in [-0.4, -0.2) is 7.11 Å².